The van der Waals surface area contributed by atoms with Crippen LogP contribution < -0.4 is 0 Å². The summed E-state index contributed by atoms with van der Waals surface area (Å²) in [4.78, 5) is 20.1. The summed E-state index contributed by atoms with van der Waals surface area (Å²) >= 11 is 0. The Balaban J connectivity index is 1.90. The van der Waals surface area contributed by atoms with E-state index in [4.69, 9.17) is 9.63 Å². The molecule has 2 heterocycles. The molecule has 0 radical (unpaired) electrons. The molecule has 6 heteroatoms. The predicted octanol–water partition coefficient (Wildman–Crippen LogP) is 5.19. The molecule has 0 aliphatic heterocycles. The fraction of sp³-hybridized carbons (Fsp3) is 0.417. The summed E-state index contributed by atoms with van der Waals surface area (Å²) in [5, 5.41) is 13.2. The lowest BCUT2D eigenvalue weighted by Gasteiger charge is -2.12. The molecule has 0 amide bonds. The van der Waals surface area contributed by atoms with Gasteiger partial charge in [0.2, 0.25) is 5.82 Å². The van der Waals surface area contributed by atoms with Crippen LogP contribution in [0.15, 0.2) is 28.9 Å². The predicted molar refractivity (Wildman–Crippen MR) is 116 cm³/mol. The van der Waals surface area contributed by atoms with Crippen molar-refractivity contribution in [1.29, 1.82) is 0 Å². The maximum atomic E-state index is 11.0. The number of hydrogen-bond donors (Lipinski definition) is 1. The number of benzene rings is 1. The Morgan fingerprint density at radius 2 is 1.90 bits per heavy atom. The first kappa shape index (κ1) is 21.7. The Hall–Kier alpha value is -3.02. The van der Waals surface area contributed by atoms with E-state index in [2.05, 4.69) is 42.8 Å². The van der Waals surface area contributed by atoms with Crippen LogP contribution >= 0.6 is 0 Å². The third-order valence-electron chi connectivity index (χ3n) is 5.29. The molecule has 6 nitrogen and oxygen atoms in total. The van der Waals surface area contributed by atoms with Gasteiger partial charge in [-0.1, -0.05) is 25.9 Å². The van der Waals surface area contributed by atoms with Gasteiger partial charge in [0.25, 0.3) is 5.89 Å². The van der Waals surface area contributed by atoms with E-state index >= 15 is 0 Å². The third-order valence-corrected chi connectivity index (χ3v) is 5.29. The molecule has 3 aromatic rings. The van der Waals surface area contributed by atoms with Crippen molar-refractivity contribution in [2.45, 2.75) is 60.3 Å². The number of carboxylic acids is 1. The number of nitrogens with zero attached hydrogens (tertiary/aromatic N) is 3. The van der Waals surface area contributed by atoms with Gasteiger partial charge in [-0.25, -0.2) is 0 Å². The van der Waals surface area contributed by atoms with Crippen molar-refractivity contribution in [3.8, 4) is 23.0 Å². The van der Waals surface area contributed by atoms with E-state index in [1.807, 2.05) is 31.3 Å². The zero-order valence-electron chi connectivity index (χ0n) is 18.3. The lowest BCUT2D eigenvalue weighted by atomic mass is 9.93. The lowest BCUT2D eigenvalue weighted by molar-refractivity contribution is -0.136. The largest absolute Gasteiger partial charge is 0.481 e. The molecule has 1 aromatic carbocycles. The molecule has 0 spiro atoms. The number of aromatic nitrogens is 3. The fourth-order valence-corrected chi connectivity index (χ4v) is 3.72. The van der Waals surface area contributed by atoms with Gasteiger partial charge in [0.15, 0.2) is 0 Å². The summed E-state index contributed by atoms with van der Waals surface area (Å²) < 4.78 is 5.50. The van der Waals surface area contributed by atoms with Crippen molar-refractivity contribution in [2.24, 2.45) is 5.92 Å². The molecule has 0 fully saturated rings. The molecule has 158 valence electrons. The van der Waals surface area contributed by atoms with Crippen molar-refractivity contribution in [1.82, 2.24) is 15.1 Å². The summed E-state index contributed by atoms with van der Waals surface area (Å²) in [6.07, 6.45) is 4.34. The number of rotatable bonds is 8. The maximum Gasteiger partial charge on any atom is 0.303 e. The molecule has 0 aliphatic carbocycles. The Kier molecular flexibility index (Phi) is 6.65. The van der Waals surface area contributed by atoms with Crippen molar-refractivity contribution >= 4 is 5.97 Å². The Morgan fingerprint density at radius 1 is 1.13 bits per heavy atom. The first-order valence-corrected chi connectivity index (χ1v) is 10.4. The second kappa shape index (κ2) is 9.20. The van der Waals surface area contributed by atoms with Gasteiger partial charge in [-0.2, -0.15) is 4.98 Å². The molecule has 0 bridgehead atoms. The summed E-state index contributed by atoms with van der Waals surface area (Å²) in [6, 6.07) is 6.02. The summed E-state index contributed by atoms with van der Waals surface area (Å²) in [5.41, 5.74) is 7.18. The van der Waals surface area contributed by atoms with Crippen LogP contribution in [0, 0.1) is 19.8 Å². The van der Waals surface area contributed by atoms with Crippen LogP contribution in [0.4, 0.5) is 0 Å². The van der Waals surface area contributed by atoms with Crippen LogP contribution in [0.1, 0.15) is 55.0 Å². The number of aryl methyl sites for hydroxylation is 3. The molecule has 1 N–H and O–H groups in total. The van der Waals surface area contributed by atoms with Crippen molar-refractivity contribution in [2.75, 3.05) is 0 Å². The first-order chi connectivity index (χ1) is 14.3. The van der Waals surface area contributed by atoms with Crippen LogP contribution in [0.25, 0.3) is 23.0 Å². The quantitative estimate of drug-likeness (QED) is 0.552. The lowest BCUT2D eigenvalue weighted by Crippen LogP contribution is -2.03. The van der Waals surface area contributed by atoms with E-state index in [0.29, 0.717) is 29.7 Å². The normalized spacial score (nSPS) is 11.3. The Morgan fingerprint density at radius 3 is 2.53 bits per heavy atom. The SMILES string of the molecule is CCc1cc(-c2noc(-c3cc(C)c(CC(C)C)cn3)n2)cc(C)c1CCC(=O)O. The van der Waals surface area contributed by atoms with Crippen LogP contribution in [-0.2, 0) is 24.1 Å². The van der Waals surface area contributed by atoms with Gasteiger partial charge in [0.1, 0.15) is 5.69 Å². The molecule has 0 aliphatic rings. The second-order valence-electron chi connectivity index (χ2n) is 8.20. The van der Waals surface area contributed by atoms with Gasteiger partial charge in [-0.3, -0.25) is 9.78 Å². The van der Waals surface area contributed by atoms with E-state index in [0.717, 1.165) is 35.1 Å². The molecular formula is C24H29N3O3. The monoisotopic (exact) mass is 407 g/mol. The molecular weight excluding hydrogens is 378 g/mol. The van der Waals surface area contributed by atoms with Gasteiger partial charge in [0.05, 0.1) is 0 Å². The smallest absolute Gasteiger partial charge is 0.303 e. The van der Waals surface area contributed by atoms with E-state index < -0.39 is 5.97 Å². The fourth-order valence-electron chi connectivity index (χ4n) is 3.72. The zero-order chi connectivity index (χ0) is 21.8. The highest BCUT2D eigenvalue weighted by molar-refractivity contribution is 5.68. The minimum atomic E-state index is -0.787. The molecule has 0 atom stereocenters. The summed E-state index contributed by atoms with van der Waals surface area (Å²) in [5.74, 6) is 0.694. The molecule has 2 aromatic heterocycles. The van der Waals surface area contributed by atoms with Crippen molar-refractivity contribution in [3.05, 3.63) is 52.2 Å². The molecule has 0 saturated carbocycles. The van der Waals surface area contributed by atoms with Crippen LogP contribution in [-0.4, -0.2) is 26.2 Å². The Bertz CT molecular complexity index is 1050. The average Bonchev–Trinajstić information content (AvgIpc) is 3.17. The number of hydrogen-bond acceptors (Lipinski definition) is 5. The van der Waals surface area contributed by atoms with Gasteiger partial charge in [0, 0.05) is 18.2 Å². The zero-order valence-corrected chi connectivity index (χ0v) is 18.3. The van der Waals surface area contributed by atoms with Crippen molar-refractivity contribution < 1.29 is 14.4 Å². The standard InChI is InChI=1S/C24H29N3O3/c1-6-17-12-18(10-16(5)20(17)7-8-22(28)29)23-26-24(30-27-23)21-11-15(4)19(13-25-21)9-14(2)3/h10-14H,6-9H2,1-5H3,(H,28,29). The summed E-state index contributed by atoms with van der Waals surface area (Å²) in [7, 11) is 0. The van der Waals surface area contributed by atoms with Crippen LogP contribution in [0.3, 0.4) is 0 Å². The van der Waals surface area contributed by atoms with Gasteiger partial charge >= 0.3 is 5.97 Å². The van der Waals surface area contributed by atoms with E-state index in [1.54, 1.807) is 0 Å². The van der Waals surface area contributed by atoms with Gasteiger partial charge in [-0.05, 0) is 85.0 Å². The highest BCUT2D eigenvalue weighted by Crippen LogP contribution is 2.27. The molecule has 3 rings (SSSR count). The number of carboxylic acid groups (broad SMARTS) is 1. The Labute approximate surface area is 177 Å². The van der Waals surface area contributed by atoms with Gasteiger partial charge < -0.3 is 9.63 Å². The molecule has 0 saturated heterocycles. The first-order valence-electron chi connectivity index (χ1n) is 10.4. The molecule has 0 unspecified atom stereocenters. The minimum Gasteiger partial charge on any atom is -0.481 e. The second-order valence-corrected chi connectivity index (χ2v) is 8.20. The number of carbonyl (C=O) groups is 1. The number of pyridine rings is 1. The van der Waals surface area contributed by atoms with E-state index in [9.17, 15) is 4.79 Å². The highest BCUT2D eigenvalue weighted by atomic mass is 16.5. The topological polar surface area (TPSA) is 89.1 Å². The number of aliphatic carboxylic acids is 1. The summed E-state index contributed by atoms with van der Waals surface area (Å²) in [6.45, 7) is 10.5. The van der Waals surface area contributed by atoms with Gasteiger partial charge in [-0.15, -0.1) is 0 Å². The van der Waals surface area contributed by atoms with Crippen molar-refractivity contribution in [3.63, 3.8) is 0 Å². The van der Waals surface area contributed by atoms with Crippen LogP contribution in [0.2, 0.25) is 0 Å². The third kappa shape index (κ3) is 4.93. The highest BCUT2D eigenvalue weighted by Gasteiger charge is 2.16. The average molecular weight is 408 g/mol. The minimum absolute atomic E-state index is 0.122. The van der Waals surface area contributed by atoms with E-state index in [1.165, 1.54) is 11.1 Å². The maximum absolute atomic E-state index is 11.0. The molecule has 30 heavy (non-hydrogen) atoms. The van der Waals surface area contributed by atoms with E-state index in [-0.39, 0.29) is 6.42 Å². The van der Waals surface area contributed by atoms with Crippen LogP contribution in [0.5, 0.6) is 0 Å².